The predicted molar refractivity (Wildman–Crippen MR) is 154 cm³/mol. The third-order valence-electron chi connectivity index (χ3n) is 6.72. The molecule has 1 unspecified atom stereocenters. The first-order chi connectivity index (χ1) is 18.7. The molecule has 1 atom stereocenters. The van der Waals surface area contributed by atoms with Gasteiger partial charge in [-0.25, -0.2) is 9.78 Å². The molecular weight excluding hydrogens is 492 g/mol. The Hall–Kier alpha value is -3.43. The van der Waals surface area contributed by atoms with Crippen molar-refractivity contribution in [2.45, 2.75) is 70.7 Å². The standard InChI is InChI=1S/C30H42N6O3/c1-30(2,3)39-29(37)35-28(31)32-17-8-7-10-21-11-9-12-22(20-21)26(38-23-15-18-36(4)19-16-23)27-33-24-13-5-6-14-25(24)34-27/h5-6,9,11-14,20,23,26H,7-8,10,15-19H2,1-4H3,(H,33,34)(H3,31,32,35,37). The van der Waals surface area contributed by atoms with Crippen LogP contribution in [0.4, 0.5) is 4.79 Å². The van der Waals surface area contributed by atoms with Crippen molar-refractivity contribution in [1.82, 2.24) is 25.5 Å². The summed E-state index contributed by atoms with van der Waals surface area (Å²) in [5, 5.41) is 13.2. The van der Waals surface area contributed by atoms with Gasteiger partial charge in [-0.2, -0.15) is 0 Å². The van der Waals surface area contributed by atoms with E-state index in [1.807, 2.05) is 24.3 Å². The van der Waals surface area contributed by atoms with Gasteiger partial charge in [0.2, 0.25) is 0 Å². The van der Waals surface area contributed by atoms with E-state index in [-0.39, 0.29) is 18.2 Å². The molecule has 1 saturated heterocycles. The van der Waals surface area contributed by atoms with E-state index in [0.29, 0.717) is 6.54 Å². The van der Waals surface area contributed by atoms with Gasteiger partial charge >= 0.3 is 6.09 Å². The smallest absolute Gasteiger partial charge is 0.414 e. The number of ether oxygens (including phenoxy) is 2. The normalized spacial score (nSPS) is 15.7. The maximum absolute atomic E-state index is 11.8. The number of unbranched alkanes of at least 4 members (excludes halogenated alkanes) is 1. The largest absolute Gasteiger partial charge is 0.444 e. The predicted octanol–water partition coefficient (Wildman–Crippen LogP) is 5.13. The lowest BCUT2D eigenvalue weighted by Crippen LogP contribution is -2.43. The molecule has 39 heavy (non-hydrogen) atoms. The molecule has 2 aromatic carbocycles. The summed E-state index contributed by atoms with van der Waals surface area (Å²) in [6.45, 7) is 8.04. The van der Waals surface area contributed by atoms with Crippen LogP contribution < -0.4 is 10.6 Å². The van der Waals surface area contributed by atoms with Crippen LogP contribution in [-0.2, 0) is 15.9 Å². The van der Waals surface area contributed by atoms with Gasteiger partial charge < -0.3 is 24.7 Å². The van der Waals surface area contributed by atoms with E-state index in [4.69, 9.17) is 19.9 Å². The van der Waals surface area contributed by atoms with Crippen molar-refractivity contribution < 1.29 is 14.3 Å². The van der Waals surface area contributed by atoms with Crippen LogP contribution in [0.1, 0.15) is 69.5 Å². The lowest BCUT2D eigenvalue weighted by molar-refractivity contribution is -0.0264. The molecule has 1 amide bonds. The van der Waals surface area contributed by atoms with Gasteiger partial charge in [0.1, 0.15) is 17.5 Å². The van der Waals surface area contributed by atoms with Gasteiger partial charge in [0.15, 0.2) is 5.96 Å². The SMILES string of the molecule is CN1CCC(OC(c2cccc(CCCCNC(=N)NC(=O)OC(C)(C)C)c2)c2nc3ccccc3[nH]2)CC1. The monoisotopic (exact) mass is 534 g/mol. The summed E-state index contributed by atoms with van der Waals surface area (Å²) in [5.74, 6) is 0.790. The zero-order valence-corrected chi connectivity index (χ0v) is 23.5. The van der Waals surface area contributed by atoms with Crippen LogP contribution in [0.3, 0.4) is 0 Å². The van der Waals surface area contributed by atoms with Gasteiger partial charge in [0, 0.05) is 19.6 Å². The number of H-pyrrole nitrogens is 1. The van der Waals surface area contributed by atoms with Gasteiger partial charge in [-0.1, -0.05) is 36.4 Å². The molecule has 0 aliphatic carbocycles. The zero-order valence-electron chi connectivity index (χ0n) is 23.5. The maximum Gasteiger partial charge on any atom is 0.414 e. The van der Waals surface area contributed by atoms with Crippen LogP contribution in [0.2, 0.25) is 0 Å². The minimum absolute atomic E-state index is 0.0500. The number of amides is 1. The number of guanidine groups is 1. The third kappa shape index (κ3) is 8.80. The highest BCUT2D eigenvalue weighted by atomic mass is 16.6. The summed E-state index contributed by atoms with van der Waals surface area (Å²) < 4.78 is 11.9. The summed E-state index contributed by atoms with van der Waals surface area (Å²) in [5.41, 5.74) is 3.70. The molecule has 4 rings (SSSR count). The first-order valence-corrected chi connectivity index (χ1v) is 13.9. The van der Waals surface area contributed by atoms with Crippen LogP contribution in [0.25, 0.3) is 11.0 Å². The van der Waals surface area contributed by atoms with Gasteiger partial charge in [0.25, 0.3) is 0 Å². The molecule has 0 saturated carbocycles. The first kappa shape index (κ1) is 28.6. The Balaban J connectivity index is 1.34. The number of fused-ring (bicyclic) bond motifs is 1. The number of piperidine rings is 1. The number of nitrogens with one attached hydrogen (secondary N) is 4. The minimum atomic E-state index is -0.627. The summed E-state index contributed by atoms with van der Waals surface area (Å²) >= 11 is 0. The fourth-order valence-corrected chi connectivity index (χ4v) is 4.74. The molecule has 1 aliphatic rings. The van der Waals surface area contributed by atoms with Crippen LogP contribution in [0, 0.1) is 5.41 Å². The highest BCUT2D eigenvalue weighted by Crippen LogP contribution is 2.30. The molecule has 0 radical (unpaired) electrons. The van der Waals surface area contributed by atoms with Crippen molar-refractivity contribution in [3.05, 3.63) is 65.5 Å². The van der Waals surface area contributed by atoms with Crippen molar-refractivity contribution in [2.24, 2.45) is 0 Å². The highest BCUT2D eigenvalue weighted by molar-refractivity contribution is 5.92. The quantitative estimate of drug-likeness (QED) is 0.172. The maximum atomic E-state index is 11.8. The van der Waals surface area contributed by atoms with Crippen LogP contribution in [-0.4, -0.2) is 65.3 Å². The van der Waals surface area contributed by atoms with E-state index in [0.717, 1.165) is 67.6 Å². The summed E-state index contributed by atoms with van der Waals surface area (Å²) in [6, 6.07) is 16.7. The lowest BCUT2D eigenvalue weighted by Gasteiger charge is -2.31. The second-order valence-corrected chi connectivity index (χ2v) is 11.3. The molecule has 0 spiro atoms. The zero-order chi connectivity index (χ0) is 27.8. The second kappa shape index (κ2) is 13.1. The number of carbonyl (C=O) groups excluding carboxylic acids is 1. The molecule has 1 aliphatic heterocycles. The number of rotatable bonds is 9. The number of aromatic nitrogens is 2. The van der Waals surface area contributed by atoms with Crippen LogP contribution >= 0.6 is 0 Å². The molecule has 9 nitrogen and oxygen atoms in total. The number of alkyl carbamates (subject to hydrolysis) is 1. The summed E-state index contributed by atoms with van der Waals surface area (Å²) in [4.78, 5) is 22.5. The Morgan fingerprint density at radius 3 is 2.67 bits per heavy atom. The Morgan fingerprint density at radius 1 is 1.15 bits per heavy atom. The molecule has 2 heterocycles. The molecular formula is C30H42N6O3. The van der Waals surface area contributed by atoms with Gasteiger partial charge in [-0.3, -0.25) is 10.7 Å². The van der Waals surface area contributed by atoms with Crippen molar-refractivity contribution in [2.75, 3.05) is 26.7 Å². The fraction of sp³-hybridized carbons (Fsp3) is 0.500. The molecule has 0 bridgehead atoms. The van der Waals surface area contributed by atoms with Crippen molar-refractivity contribution in [3.63, 3.8) is 0 Å². The number of aryl methyl sites for hydroxylation is 1. The molecule has 9 heteroatoms. The molecule has 4 N–H and O–H groups in total. The number of hydrogen-bond donors (Lipinski definition) is 4. The Kier molecular flexibility index (Phi) is 9.59. The van der Waals surface area contributed by atoms with Gasteiger partial charge in [-0.15, -0.1) is 0 Å². The number of aromatic amines is 1. The van der Waals surface area contributed by atoms with Crippen LogP contribution in [0.15, 0.2) is 48.5 Å². The molecule has 3 aromatic rings. The summed E-state index contributed by atoms with van der Waals surface area (Å²) in [7, 11) is 2.16. The lowest BCUT2D eigenvalue weighted by atomic mass is 10.0. The molecule has 1 aromatic heterocycles. The number of benzene rings is 2. The average Bonchev–Trinajstić information content (AvgIpc) is 3.31. The van der Waals surface area contributed by atoms with Gasteiger partial charge in [0.05, 0.1) is 17.1 Å². The van der Waals surface area contributed by atoms with E-state index in [1.54, 1.807) is 20.8 Å². The van der Waals surface area contributed by atoms with Crippen LogP contribution in [0.5, 0.6) is 0 Å². The number of nitrogens with zero attached hydrogens (tertiary/aromatic N) is 2. The number of para-hydroxylation sites is 2. The Bertz CT molecular complexity index is 1210. The third-order valence-corrected chi connectivity index (χ3v) is 6.72. The number of imidazole rings is 1. The van der Waals surface area contributed by atoms with Crippen molar-refractivity contribution in [3.8, 4) is 0 Å². The van der Waals surface area contributed by atoms with Crippen molar-refractivity contribution in [1.29, 1.82) is 5.41 Å². The number of hydrogen-bond acceptors (Lipinski definition) is 6. The molecule has 210 valence electrons. The van der Waals surface area contributed by atoms with E-state index < -0.39 is 11.7 Å². The Morgan fingerprint density at radius 2 is 1.92 bits per heavy atom. The fourth-order valence-electron chi connectivity index (χ4n) is 4.74. The first-order valence-electron chi connectivity index (χ1n) is 13.9. The highest BCUT2D eigenvalue weighted by Gasteiger charge is 2.26. The minimum Gasteiger partial charge on any atom is -0.444 e. The molecule has 1 fully saturated rings. The van der Waals surface area contributed by atoms with E-state index in [9.17, 15) is 4.79 Å². The number of likely N-dealkylation sites (tertiary alicyclic amines) is 1. The van der Waals surface area contributed by atoms with E-state index in [1.165, 1.54) is 5.56 Å². The number of carbonyl (C=O) groups is 1. The van der Waals surface area contributed by atoms with E-state index >= 15 is 0 Å². The van der Waals surface area contributed by atoms with E-state index in [2.05, 4.69) is 51.8 Å². The van der Waals surface area contributed by atoms with Crippen molar-refractivity contribution >= 4 is 23.1 Å². The average molecular weight is 535 g/mol. The summed E-state index contributed by atoms with van der Waals surface area (Å²) in [6.07, 6.45) is 4.05. The topological polar surface area (TPSA) is 115 Å². The second-order valence-electron chi connectivity index (χ2n) is 11.3. The Labute approximate surface area is 231 Å². The van der Waals surface area contributed by atoms with Gasteiger partial charge in [-0.05, 0) is 83.2 Å².